The average molecular weight is 170 g/mol. The van der Waals surface area contributed by atoms with E-state index in [-0.39, 0.29) is 5.24 Å². The normalized spacial score (nSPS) is 23.0. The summed E-state index contributed by atoms with van der Waals surface area (Å²) in [5.74, 6) is -0.0780. The molecular weight excluding hydrogens is 158 g/mol. The van der Waals surface area contributed by atoms with Gasteiger partial charge in [-0.3, -0.25) is 4.79 Å². The lowest BCUT2D eigenvalue weighted by Crippen LogP contribution is -2.17. The highest BCUT2D eigenvalue weighted by molar-refractivity contribution is 6.68. The Labute approximate surface area is 73.9 Å². The molecule has 2 radical (unpaired) electrons. The zero-order valence-corrected chi connectivity index (χ0v) is 7.31. The van der Waals surface area contributed by atoms with Crippen LogP contribution in [-0.4, -0.2) is 13.1 Å². The van der Waals surface area contributed by atoms with Crippen LogP contribution in [0, 0.1) is 5.92 Å². The topological polar surface area (TPSA) is 17.1 Å². The van der Waals surface area contributed by atoms with Crippen molar-refractivity contribution in [3.63, 3.8) is 0 Å². The summed E-state index contributed by atoms with van der Waals surface area (Å²) >= 11 is 5.30. The van der Waals surface area contributed by atoms with Crippen LogP contribution in [0.2, 0.25) is 5.82 Å². The molecule has 1 saturated carbocycles. The van der Waals surface area contributed by atoms with Gasteiger partial charge in [-0.2, -0.15) is 0 Å². The van der Waals surface area contributed by atoms with Crippen LogP contribution in [0.1, 0.15) is 32.1 Å². The molecule has 1 aliphatic rings. The summed E-state index contributed by atoms with van der Waals surface area (Å²) in [6.45, 7) is 0. The lowest BCUT2D eigenvalue weighted by atomic mass is 9.71. The van der Waals surface area contributed by atoms with E-state index in [1.165, 1.54) is 19.3 Å². The molecule has 1 aliphatic carbocycles. The molecule has 1 fully saturated rings. The number of hydrogen-bond donors (Lipinski definition) is 0. The Bertz CT molecular complexity index is 143. The van der Waals surface area contributed by atoms with Gasteiger partial charge in [0.2, 0.25) is 5.24 Å². The Hall–Kier alpha value is 0.0249. The molecule has 1 atom stereocenters. The third-order valence-corrected chi connectivity index (χ3v) is 2.67. The summed E-state index contributed by atoms with van der Waals surface area (Å²) in [5, 5.41) is -0.378. The molecule has 0 aliphatic heterocycles. The third kappa shape index (κ3) is 2.51. The Morgan fingerprint density at radius 2 is 1.91 bits per heavy atom. The second-order valence-corrected chi connectivity index (χ2v) is 3.60. The molecule has 0 bridgehead atoms. The molecule has 3 heteroatoms. The largest absolute Gasteiger partial charge is 0.282 e. The van der Waals surface area contributed by atoms with E-state index in [2.05, 4.69) is 0 Å². The lowest BCUT2D eigenvalue weighted by molar-refractivity contribution is -0.112. The first-order valence-corrected chi connectivity index (χ1v) is 4.54. The molecule has 0 N–H and O–H groups in total. The lowest BCUT2D eigenvalue weighted by Gasteiger charge is -2.25. The van der Waals surface area contributed by atoms with E-state index in [1.54, 1.807) is 0 Å². The molecule has 0 aromatic carbocycles. The fraction of sp³-hybridized carbons (Fsp3) is 0.875. The number of halogens is 1. The second kappa shape index (κ2) is 4.15. The maximum atomic E-state index is 10.7. The van der Waals surface area contributed by atoms with Crippen molar-refractivity contribution in [2.75, 3.05) is 0 Å². The molecule has 0 aromatic rings. The van der Waals surface area contributed by atoms with Gasteiger partial charge in [0, 0.05) is 0 Å². The number of carbonyl (C=O) groups is 1. The zero-order valence-electron chi connectivity index (χ0n) is 6.55. The fourth-order valence-electron chi connectivity index (χ4n) is 1.68. The molecule has 1 nitrogen and oxygen atoms in total. The molecule has 0 saturated heterocycles. The summed E-state index contributed by atoms with van der Waals surface area (Å²) < 4.78 is 0. The van der Waals surface area contributed by atoms with Crippen molar-refractivity contribution in [2.45, 2.75) is 37.9 Å². The van der Waals surface area contributed by atoms with Crippen LogP contribution in [0.4, 0.5) is 0 Å². The molecule has 60 valence electrons. The number of carbonyl (C=O) groups excluding carboxylic acids is 1. The summed E-state index contributed by atoms with van der Waals surface area (Å²) in [5.41, 5.74) is 0. The highest BCUT2D eigenvalue weighted by atomic mass is 35.5. The molecule has 11 heavy (non-hydrogen) atoms. The minimum atomic E-state index is -0.419. The zero-order chi connectivity index (χ0) is 8.27. The van der Waals surface area contributed by atoms with E-state index < -0.39 is 5.82 Å². The number of hydrogen-bond acceptors (Lipinski definition) is 1. The van der Waals surface area contributed by atoms with Crippen LogP contribution in [0.3, 0.4) is 0 Å². The minimum absolute atomic E-state index is 0.341. The van der Waals surface area contributed by atoms with Gasteiger partial charge in [-0.1, -0.05) is 32.1 Å². The summed E-state index contributed by atoms with van der Waals surface area (Å²) in [4.78, 5) is 10.7. The van der Waals surface area contributed by atoms with Crippen molar-refractivity contribution in [2.24, 2.45) is 5.92 Å². The van der Waals surface area contributed by atoms with E-state index in [0.29, 0.717) is 5.92 Å². The van der Waals surface area contributed by atoms with Gasteiger partial charge in [-0.05, 0) is 23.3 Å². The van der Waals surface area contributed by atoms with Crippen LogP contribution in [0.25, 0.3) is 0 Å². The van der Waals surface area contributed by atoms with E-state index in [0.717, 1.165) is 12.8 Å². The molecule has 0 aromatic heterocycles. The Kier molecular flexibility index (Phi) is 3.44. The van der Waals surface area contributed by atoms with Crippen LogP contribution in [0.15, 0.2) is 0 Å². The monoisotopic (exact) mass is 170 g/mol. The van der Waals surface area contributed by atoms with Crippen molar-refractivity contribution in [1.82, 2.24) is 0 Å². The number of rotatable bonds is 2. The van der Waals surface area contributed by atoms with Crippen molar-refractivity contribution in [1.29, 1.82) is 0 Å². The van der Waals surface area contributed by atoms with Crippen LogP contribution in [0.5, 0.6) is 0 Å². The van der Waals surface area contributed by atoms with Gasteiger partial charge in [0.25, 0.3) is 0 Å². The van der Waals surface area contributed by atoms with Crippen molar-refractivity contribution < 1.29 is 4.79 Å². The summed E-state index contributed by atoms with van der Waals surface area (Å²) in [7, 11) is 5.61. The van der Waals surface area contributed by atoms with Crippen LogP contribution < -0.4 is 0 Å². The van der Waals surface area contributed by atoms with Crippen LogP contribution in [-0.2, 0) is 4.79 Å². The van der Waals surface area contributed by atoms with Gasteiger partial charge in [-0.25, -0.2) is 0 Å². The maximum Gasteiger partial charge on any atom is 0.216 e. The highest BCUT2D eigenvalue weighted by Gasteiger charge is 2.23. The van der Waals surface area contributed by atoms with Crippen molar-refractivity contribution >= 4 is 24.7 Å². The average Bonchev–Trinajstić information content (AvgIpc) is 2.05. The molecular formula is C8H12BClO. The van der Waals surface area contributed by atoms with E-state index in [9.17, 15) is 4.79 Å². The van der Waals surface area contributed by atoms with E-state index in [1.807, 2.05) is 0 Å². The molecule has 1 rings (SSSR count). The van der Waals surface area contributed by atoms with Gasteiger partial charge in [0.1, 0.15) is 0 Å². The first-order chi connectivity index (χ1) is 5.22. The summed E-state index contributed by atoms with van der Waals surface area (Å²) in [6.07, 6.45) is 5.81. The van der Waals surface area contributed by atoms with Gasteiger partial charge < -0.3 is 0 Å². The second-order valence-electron chi connectivity index (χ2n) is 3.23. The van der Waals surface area contributed by atoms with Gasteiger partial charge in [0.05, 0.1) is 7.85 Å². The third-order valence-electron chi connectivity index (χ3n) is 2.42. The van der Waals surface area contributed by atoms with Gasteiger partial charge in [0.15, 0.2) is 0 Å². The van der Waals surface area contributed by atoms with Crippen LogP contribution >= 0.6 is 11.6 Å². The fourth-order valence-corrected chi connectivity index (χ4v) is 1.86. The Morgan fingerprint density at radius 3 is 2.36 bits per heavy atom. The molecule has 0 heterocycles. The Balaban J connectivity index is 2.38. The minimum Gasteiger partial charge on any atom is -0.282 e. The molecule has 0 spiro atoms. The van der Waals surface area contributed by atoms with Gasteiger partial charge in [-0.15, -0.1) is 0 Å². The quantitative estimate of drug-likeness (QED) is 0.459. The first kappa shape index (κ1) is 9.12. The van der Waals surface area contributed by atoms with Crippen molar-refractivity contribution in [3.05, 3.63) is 0 Å². The summed E-state index contributed by atoms with van der Waals surface area (Å²) in [6, 6.07) is 0. The SMILES string of the molecule is [B]C(C(=O)Cl)C1CCCCC1. The molecule has 0 amide bonds. The predicted molar refractivity (Wildman–Crippen MR) is 46.9 cm³/mol. The smallest absolute Gasteiger partial charge is 0.216 e. The predicted octanol–water partition coefficient (Wildman–Crippen LogP) is 2.29. The highest BCUT2D eigenvalue weighted by Crippen LogP contribution is 2.32. The van der Waals surface area contributed by atoms with Gasteiger partial charge >= 0.3 is 0 Å². The molecule has 1 unspecified atom stereocenters. The first-order valence-electron chi connectivity index (χ1n) is 4.16. The van der Waals surface area contributed by atoms with E-state index >= 15 is 0 Å². The maximum absolute atomic E-state index is 10.7. The standard InChI is InChI=1S/C8H12BClO/c9-7(8(10)11)6-4-2-1-3-5-6/h6-7H,1-5H2. The Morgan fingerprint density at radius 1 is 1.36 bits per heavy atom. The van der Waals surface area contributed by atoms with Crippen molar-refractivity contribution in [3.8, 4) is 0 Å². The van der Waals surface area contributed by atoms with E-state index in [4.69, 9.17) is 19.4 Å².